The van der Waals surface area contributed by atoms with Crippen molar-refractivity contribution in [2.75, 3.05) is 0 Å². The van der Waals surface area contributed by atoms with Gasteiger partial charge in [0, 0.05) is 43.7 Å². The molecule has 0 saturated carbocycles. The van der Waals surface area contributed by atoms with Gasteiger partial charge in [-0.1, -0.05) is 97.0 Å². The number of para-hydroxylation sites is 5. The maximum Gasteiger partial charge on any atom is 0.0652 e. The van der Waals surface area contributed by atoms with E-state index in [1.54, 1.807) is 4.57 Å². The van der Waals surface area contributed by atoms with Crippen LogP contribution in [0.2, 0.25) is 0 Å². The highest BCUT2D eigenvalue weighted by Crippen LogP contribution is 2.41. The number of rotatable bonds is 3. The molecule has 0 unspecified atom stereocenters. The Morgan fingerprint density at radius 1 is 0.356 bits per heavy atom. The highest BCUT2D eigenvalue weighted by molar-refractivity contribution is 6.17. The molecule has 10 rings (SSSR count). The summed E-state index contributed by atoms with van der Waals surface area (Å²) in [6, 6.07) is 37.5. The van der Waals surface area contributed by atoms with Gasteiger partial charge in [0.1, 0.15) is 0 Å². The maximum atomic E-state index is 9.87. The van der Waals surface area contributed by atoms with Crippen molar-refractivity contribution in [1.29, 1.82) is 0 Å². The fraction of sp³-hybridized carbons (Fsp3) is 0. The van der Waals surface area contributed by atoms with Crippen LogP contribution >= 0.6 is 0 Å². The molecular formula is C42H27N3. The molecule has 7 aromatic carbocycles. The van der Waals surface area contributed by atoms with Gasteiger partial charge in [-0.25, -0.2) is 0 Å². The number of nitrogens with zero attached hydrogens (tertiary/aromatic N) is 3. The molecule has 0 atom stereocenters. The first kappa shape index (κ1) is 18.6. The minimum absolute atomic E-state index is 0.0878. The average Bonchev–Trinajstić information content (AvgIpc) is 3.83. The van der Waals surface area contributed by atoms with Crippen molar-refractivity contribution >= 4 is 65.4 Å². The molecule has 3 nitrogen and oxygen atoms in total. The van der Waals surface area contributed by atoms with E-state index in [1.807, 2.05) is 126 Å². The number of benzene rings is 7. The quantitative estimate of drug-likeness (QED) is 0.197. The van der Waals surface area contributed by atoms with Crippen molar-refractivity contribution in [1.82, 2.24) is 13.7 Å². The van der Waals surface area contributed by atoms with E-state index < -0.39 is 12.1 Å². The second kappa shape index (κ2) is 9.22. The Morgan fingerprint density at radius 2 is 0.933 bits per heavy atom. The van der Waals surface area contributed by atoms with Crippen LogP contribution in [0, 0.1) is 0 Å². The molecule has 0 bridgehead atoms. The predicted molar refractivity (Wildman–Crippen MR) is 189 cm³/mol. The van der Waals surface area contributed by atoms with Crippen molar-refractivity contribution in [2.24, 2.45) is 0 Å². The van der Waals surface area contributed by atoms with E-state index in [4.69, 9.17) is 2.74 Å². The molecule has 0 aliphatic carbocycles. The Hall–Kier alpha value is -6.06. The van der Waals surface area contributed by atoms with Gasteiger partial charge in [0.2, 0.25) is 0 Å². The normalized spacial score (nSPS) is 14.2. The molecule has 3 heteroatoms. The molecule has 0 N–H and O–H groups in total. The van der Waals surface area contributed by atoms with Crippen LogP contribution in [0.15, 0.2) is 164 Å². The first-order chi connectivity index (χ1) is 25.3. The van der Waals surface area contributed by atoms with Crippen LogP contribution in [-0.2, 0) is 0 Å². The summed E-state index contributed by atoms with van der Waals surface area (Å²) in [4.78, 5) is 0. The third kappa shape index (κ3) is 3.35. The van der Waals surface area contributed by atoms with Gasteiger partial charge in [0.25, 0.3) is 0 Å². The van der Waals surface area contributed by atoms with Crippen LogP contribution in [-0.4, -0.2) is 13.7 Å². The van der Waals surface area contributed by atoms with Gasteiger partial charge in [-0.05, 0) is 66.6 Å². The number of fused-ring (bicyclic) bond motifs is 9. The van der Waals surface area contributed by atoms with Crippen LogP contribution in [0.5, 0.6) is 0 Å². The van der Waals surface area contributed by atoms with Gasteiger partial charge in [-0.3, -0.25) is 0 Å². The monoisotopic (exact) mass is 580 g/mol. The van der Waals surface area contributed by atoms with Crippen molar-refractivity contribution in [3.63, 3.8) is 0 Å². The summed E-state index contributed by atoms with van der Waals surface area (Å²) in [7, 11) is 0. The average molecular weight is 581 g/mol. The lowest BCUT2D eigenvalue weighted by Crippen LogP contribution is -1.97. The van der Waals surface area contributed by atoms with Gasteiger partial charge in [-0.2, -0.15) is 0 Å². The second-order valence-electron chi connectivity index (χ2n) is 11.2. The Morgan fingerprint density at radius 3 is 1.69 bits per heavy atom. The lowest BCUT2D eigenvalue weighted by molar-refractivity contribution is 1.16. The Kier molecular flexibility index (Phi) is 3.80. The minimum Gasteiger partial charge on any atom is -0.309 e. The van der Waals surface area contributed by atoms with E-state index in [-0.39, 0.29) is 57.7 Å². The van der Waals surface area contributed by atoms with E-state index in [0.717, 1.165) is 49.3 Å². The molecule has 0 fully saturated rings. The molecule has 0 saturated heterocycles. The minimum atomic E-state index is -0.422. The van der Waals surface area contributed by atoms with Crippen LogP contribution in [0.4, 0.5) is 0 Å². The molecule has 210 valence electrons. The maximum absolute atomic E-state index is 9.87. The van der Waals surface area contributed by atoms with Crippen molar-refractivity contribution in [3.05, 3.63) is 164 Å². The largest absolute Gasteiger partial charge is 0.309 e. The number of hydrogen-bond donors (Lipinski definition) is 0. The zero-order valence-electron chi connectivity index (χ0n) is 30.9. The van der Waals surface area contributed by atoms with E-state index in [2.05, 4.69) is 4.57 Å². The van der Waals surface area contributed by atoms with Gasteiger partial charge < -0.3 is 13.7 Å². The van der Waals surface area contributed by atoms with Gasteiger partial charge >= 0.3 is 0 Å². The number of aromatic nitrogens is 3. The first-order valence-corrected chi connectivity index (χ1v) is 14.9. The summed E-state index contributed by atoms with van der Waals surface area (Å²) in [5, 5.41) is 3.95. The van der Waals surface area contributed by atoms with Gasteiger partial charge in [0.15, 0.2) is 0 Å². The highest BCUT2D eigenvalue weighted by atomic mass is 15.0. The first-order valence-electron chi connectivity index (χ1n) is 18.4. The molecule has 0 aliphatic heterocycles. The van der Waals surface area contributed by atoms with Crippen LogP contribution < -0.4 is 0 Å². The Labute approximate surface area is 269 Å². The van der Waals surface area contributed by atoms with Crippen molar-refractivity contribution in [3.8, 4) is 17.1 Å². The van der Waals surface area contributed by atoms with Crippen LogP contribution in [0.25, 0.3) is 82.5 Å². The molecule has 10 aromatic rings. The second-order valence-corrected chi connectivity index (χ2v) is 11.2. The summed E-state index contributed by atoms with van der Waals surface area (Å²) in [6.45, 7) is 0. The third-order valence-electron chi connectivity index (χ3n) is 8.88. The number of hydrogen-bond acceptors (Lipinski definition) is 0. The van der Waals surface area contributed by atoms with Crippen molar-refractivity contribution < 1.29 is 9.60 Å². The summed E-state index contributed by atoms with van der Waals surface area (Å²) in [6.07, 6.45) is 0. The van der Waals surface area contributed by atoms with Crippen molar-refractivity contribution in [2.45, 2.75) is 0 Å². The lowest BCUT2D eigenvalue weighted by Gasteiger charge is -2.12. The van der Waals surface area contributed by atoms with Crippen LogP contribution in [0.1, 0.15) is 9.60 Å². The summed E-state index contributed by atoms with van der Waals surface area (Å²) >= 11 is 0. The summed E-state index contributed by atoms with van der Waals surface area (Å²) < 4.78 is 70.8. The Balaban J connectivity index is 1.43. The fourth-order valence-corrected chi connectivity index (χ4v) is 7.06. The molecule has 0 aliphatic rings. The van der Waals surface area contributed by atoms with E-state index >= 15 is 0 Å². The fourth-order valence-electron chi connectivity index (χ4n) is 7.06. The zero-order chi connectivity index (χ0) is 35.6. The van der Waals surface area contributed by atoms with E-state index in [0.29, 0.717) is 5.69 Å². The molecule has 0 radical (unpaired) electrons. The van der Waals surface area contributed by atoms with Gasteiger partial charge in [-0.15, -0.1) is 0 Å². The lowest BCUT2D eigenvalue weighted by atomic mass is 10.1. The predicted octanol–water partition coefficient (Wildman–Crippen LogP) is 11.0. The standard InChI is InChI=1S/C42H27N3/c1-2-13-28(14-3-1)43-38-22-11-7-18-33(38)42-40(43)23-12-24-41(42)45-37-21-10-6-17-32(37)34-27-29(25-26-39(34)45)44-35-19-8-4-15-30(35)31-16-5-9-20-36(31)44/h1-27H/i6D,10D,17D,21D,25D,26D,27D. The Bertz CT molecular complexity index is 3100. The highest BCUT2D eigenvalue weighted by Gasteiger charge is 2.20. The van der Waals surface area contributed by atoms with Gasteiger partial charge in [0.05, 0.1) is 48.4 Å². The molecule has 3 aromatic heterocycles. The summed E-state index contributed by atoms with van der Waals surface area (Å²) in [5.74, 6) is 0. The smallest absolute Gasteiger partial charge is 0.0652 e. The van der Waals surface area contributed by atoms with E-state index in [1.165, 1.54) is 0 Å². The third-order valence-corrected chi connectivity index (χ3v) is 8.88. The molecule has 0 spiro atoms. The SMILES string of the molecule is [2H]c1c([2H])c([2H])c2c(c1[2H])c1c([2H])c(-n3c4ccccc4c4ccccc43)c([2H])c([2H])c1n2-c1cccc2c1c1ccccc1n2-c1ccccc1. The van der Waals surface area contributed by atoms with Crippen LogP contribution in [0.3, 0.4) is 0 Å². The summed E-state index contributed by atoms with van der Waals surface area (Å²) in [5.41, 5.74) is 5.42. The molecule has 3 heterocycles. The zero-order valence-corrected chi connectivity index (χ0v) is 23.9. The molecule has 45 heavy (non-hydrogen) atoms. The molecule has 0 amide bonds. The molecular weight excluding hydrogens is 546 g/mol. The van der Waals surface area contributed by atoms with E-state index in [9.17, 15) is 6.85 Å². The topological polar surface area (TPSA) is 14.8 Å².